The number of sulfonamides is 1. The fourth-order valence-electron chi connectivity index (χ4n) is 2.60. The monoisotopic (exact) mass is 424 g/mol. The molecule has 0 aliphatic carbocycles. The largest absolute Gasteiger partial charge is 0.323 e. The van der Waals surface area contributed by atoms with Crippen LogP contribution in [0.2, 0.25) is 0 Å². The number of rotatable bonds is 6. The lowest BCUT2D eigenvalue weighted by Gasteiger charge is -2.30. The SMILES string of the molecule is CC[C@@H](C(=O)Nc1ccccc1Br)N(c1cccc(C)c1)S(C)(=O)=O. The molecule has 0 aromatic heterocycles. The van der Waals surface area contributed by atoms with Gasteiger partial charge in [-0.25, -0.2) is 8.42 Å². The minimum atomic E-state index is -3.63. The van der Waals surface area contributed by atoms with Gasteiger partial charge in [0.2, 0.25) is 15.9 Å². The minimum absolute atomic E-state index is 0.345. The summed E-state index contributed by atoms with van der Waals surface area (Å²) in [7, 11) is -3.63. The van der Waals surface area contributed by atoms with E-state index in [1.807, 2.05) is 25.1 Å². The first-order valence-corrected chi connectivity index (χ1v) is 10.5. The summed E-state index contributed by atoms with van der Waals surface area (Å²) in [6.45, 7) is 3.67. The first-order valence-electron chi connectivity index (χ1n) is 7.85. The van der Waals surface area contributed by atoms with Crippen LogP contribution in [0.25, 0.3) is 0 Å². The molecule has 0 saturated heterocycles. The Balaban J connectivity index is 2.40. The van der Waals surface area contributed by atoms with E-state index in [0.29, 0.717) is 17.8 Å². The summed E-state index contributed by atoms with van der Waals surface area (Å²) in [6, 6.07) is 13.5. The fourth-order valence-corrected chi connectivity index (χ4v) is 4.19. The topological polar surface area (TPSA) is 66.5 Å². The highest BCUT2D eigenvalue weighted by Gasteiger charge is 2.31. The number of nitrogens with one attached hydrogen (secondary N) is 1. The van der Waals surface area contributed by atoms with Crippen molar-refractivity contribution in [3.05, 3.63) is 58.6 Å². The summed E-state index contributed by atoms with van der Waals surface area (Å²) in [5.74, 6) is -0.374. The van der Waals surface area contributed by atoms with Crippen molar-refractivity contribution >= 4 is 43.2 Å². The van der Waals surface area contributed by atoms with Crippen molar-refractivity contribution in [2.24, 2.45) is 0 Å². The molecular formula is C18H21BrN2O3S. The van der Waals surface area contributed by atoms with Crippen LogP contribution in [0.5, 0.6) is 0 Å². The van der Waals surface area contributed by atoms with Gasteiger partial charge in [-0.2, -0.15) is 0 Å². The van der Waals surface area contributed by atoms with E-state index in [-0.39, 0.29) is 5.91 Å². The van der Waals surface area contributed by atoms with Crippen molar-refractivity contribution in [2.45, 2.75) is 26.3 Å². The summed E-state index contributed by atoms with van der Waals surface area (Å²) >= 11 is 3.38. The van der Waals surface area contributed by atoms with E-state index in [2.05, 4.69) is 21.2 Å². The van der Waals surface area contributed by atoms with Gasteiger partial charge in [0.25, 0.3) is 0 Å². The average molecular weight is 425 g/mol. The molecule has 0 heterocycles. The molecule has 0 radical (unpaired) electrons. The lowest BCUT2D eigenvalue weighted by molar-refractivity contribution is -0.117. The van der Waals surface area contributed by atoms with E-state index in [9.17, 15) is 13.2 Å². The number of carbonyl (C=O) groups is 1. The predicted molar refractivity (Wildman–Crippen MR) is 105 cm³/mol. The number of para-hydroxylation sites is 1. The number of aryl methyl sites for hydroxylation is 1. The molecule has 1 amide bonds. The van der Waals surface area contributed by atoms with Gasteiger partial charge in [0.15, 0.2) is 0 Å². The zero-order valence-corrected chi connectivity index (χ0v) is 16.8. The van der Waals surface area contributed by atoms with Crippen molar-refractivity contribution in [1.29, 1.82) is 0 Å². The summed E-state index contributed by atoms with van der Waals surface area (Å²) in [4.78, 5) is 12.8. The van der Waals surface area contributed by atoms with Crippen LogP contribution in [0.15, 0.2) is 53.0 Å². The van der Waals surface area contributed by atoms with Crippen molar-refractivity contribution < 1.29 is 13.2 Å². The van der Waals surface area contributed by atoms with Crippen LogP contribution in [0.4, 0.5) is 11.4 Å². The van der Waals surface area contributed by atoms with Crippen molar-refractivity contribution in [3.8, 4) is 0 Å². The van der Waals surface area contributed by atoms with Gasteiger partial charge in [0.1, 0.15) is 6.04 Å². The number of hydrogen-bond acceptors (Lipinski definition) is 3. The Labute approximate surface area is 157 Å². The van der Waals surface area contributed by atoms with E-state index >= 15 is 0 Å². The number of benzene rings is 2. The van der Waals surface area contributed by atoms with E-state index in [0.717, 1.165) is 16.3 Å². The van der Waals surface area contributed by atoms with Crippen molar-refractivity contribution in [1.82, 2.24) is 0 Å². The number of hydrogen-bond donors (Lipinski definition) is 1. The molecule has 0 bridgehead atoms. The third-order valence-electron chi connectivity index (χ3n) is 3.72. The molecule has 5 nitrogen and oxygen atoms in total. The Kier molecular flexibility index (Phi) is 6.24. The molecule has 25 heavy (non-hydrogen) atoms. The molecule has 1 N–H and O–H groups in total. The van der Waals surface area contributed by atoms with Gasteiger partial charge >= 0.3 is 0 Å². The third-order valence-corrected chi connectivity index (χ3v) is 5.59. The van der Waals surface area contributed by atoms with Crippen LogP contribution < -0.4 is 9.62 Å². The Morgan fingerprint density at radius 3 is 2.44 bits per heavy atom. The predicted octanol–water partition coefficient (Wildman–Crippen LogP) is 3.94. The molecule has 2 aromatic rings. The maximum absolute atomic E-state index is 12.8. The smallest absolute Gasteiger partial charge is 0.248 e. The van der Waals surface area contributed by atoms with Gasteiger partial charge < -0.3 is 5.32 Å². The molecule has 7 heteroatoms. The second-order valence-electron chi connectivity index (χ2n) is 5.79. The molecule has 0 aliphatic heterocycles. The number of halogens is 1. The maximum Gasteiger partial charge on any atom is 0.248 e. The Bertz CT molecular complexity index is 868. The van der Waals surface area contributed by atoms with Crippen LogP contribution in [-0.2, 0) is 14.8 Å². The number of amides is 1. The zero-order valence-electron chi connectivity index (χ0n) is 14.4. The van der Waals surface area contributed by atoms with Gasteiger partial charge in [-0.15, -0.1) is 0 Å². The van der Waals surface area contributed by atoms with Crippen LogP contribution in [0.1, 0.15) is 18.9 Å². The second-order valence-corrected chi connectivity index (χ2v) is 8.50. The highest BCUT2D eigenvalue weighted by molar-refractivity contribution is 9.10. The van der Waals surface area contributed by atoms with Crippen LogP contribution in [0, 0.1) is 6.92 Å². The molecule has 0 fully saturated rings. The first-order chi connectivity index (χ1) is 11.7. The fraction of sp³-hybridized carbons (Fsp3) is 0.278. The van der Waals surface area contributed by atoms with Gasteiger partial charge in [-0.05, 0) is 59.1 Å². The maximum atomic E-state index is 12.8. The highest BCUT2D eigenvalue weighted by Crippen LogP contribution is 2.26. The number of nitrogens with zero attached hydrogens (tertiary/aromatic N) is 1. The molecule has 1 atom stereocenters. The molecule has 134 valence electrons. The molecular weight excluding hydrogens is 404 g/mol. The summed E-state index contributed by atoms with van der Waals surface area (Å²) in [6.07, 6.45) is 1.46. The van der Waals surface area contributed by atoms with Crippen molar-refractivity contribution in [2.75, 3.05) is 15.9 Å². The first kappa shape index (κ1) is 19.5. The molecule has 0 spiro atoms. The molecule has 0 aliphatic rings. The molecule has 0 saturated carbocycles. The summed E-state index contributed by atoms with van der Waals surface area (Å²) < 4.78 is 26.7. The number of carbonyl (C=O) groups excluding carboxylic acids is 1. The average Bonchev–Trinajstić information content (AvgIpc) is 2.53. The lowest BCUT2D eigenvalue weighted by Crippen LogP contribution is -2.47. The summed E-state index contributed by atoms with van der Waals surface area (Å²) in [5.41, 5.74) is 2.01. The molecule has 0 unspecified atom stereocenters. The number of anilines is 2. The van der Waals surface area contributed by atoms with Gasteiger partial charge in [0, 0.05) is 4.47 Å². The van der Waals surface area contributed by atoms with Crippen LogP contribution >= 0.6 is 15.9 Å². The normalized spacial score (nSPS) is 12.5. The third kappa shape index (κ3) is 4.83. The Hall–Kier alpha value is -1.86. The standard InChI is InChI=1S/C18H21BrN2O3S/c1-4-17(18(22)20-16-11-6-5-10-15(16)19)21(25(3,23)24)14-9-7-8-13(2)12-14/h5-12,17H,4H2,1-3H3,(H,20,22)/t17-/m0/s1. The lowest BCUT2D eigenvalue weighted by atomic mass is 10.1. The van der Waals surface area contributed by atoms with E-state index in [1.54, 1.807) is 37.3 Å². The van der Waals surface area contributed by atoms with Gasteiger partial charge in [-0.3, -0.25) is 9.10 Å². The Morgan fingerprint density at radius 2 is 1.88 bits per heavy atom. The quantitative estimate of drug-likeness (QED) is 0.763. The van der Waals surface area contributed by atoms with Crippen LogP contribution in [-0.4, -0.2) is 26.6 Å². The highest BCUT2D eigenvalue weighted by atomic mass is 79.9. The zero-order chi connectivity index (χ0) is 18.6. The molecule has 2 aromatic carbocycles. The van der Waals surface area contributed by atoms with E-state index in [1.165, 1.54) is 4.31 Å². The van der Waals surface area contributed by atoms with Gasteiger partial charge in [-0.1, -0.05) is 31.2 Å². The molecule has 2 rings (SSSR count). The van der Waals surface area contributed by atoms with Crippen molar-refractivity contribution in [3.63, 3.8) is 0 Å². The Morgan fingerprint density at radius 1 is 1.20 bits per heavy atom. The van der Waals surface area contributed by atoms with E-state index in [4.69, 9.17) is 0 Å². The van der Waals surface area contributed by atoms with Gasteiger partial charge in [0.05, 0.1) is 17.6 Å². The minimum Gasteiger partial charge on any atom is -0.323 e. The second kappa shape index (κ2) is 8.01. The van der Waals surface area contributed by atoms with Crippen LogP contribution in [0.3, 0.4) is 0 Å². The van der Waals surface area contributed by atoms with E-state index < -0.39 is 16.1 Å². The summed E-state index contributed by atoms with van der Waals surface area (Å²) in [5, 5.41) is 2.81.